The van der Waals surface area contributed by atoms with Gasteiger partial charge in [-0.15, -0.1) is 0 Å². The Morgan fingerprint density at radius 1 is 1.29 bits per heavy atom. The number of nitrogens with two attached hydrogens (primary N) is 2. The molecule has 3 nitrogen and oxygen atoms in total. The van der Waals surface area contributed by atoms with Crippen LogP contribution in [0.4, 0.5) is 5.69 Å². The van der Waals surface area contributed by atoms with E-state index in [1.165, 1.54) is 0 Å². The van der Waals surface area contributed by atoms with E-state index < -0.39 is 5.91 Å². The Bertz CT molecular complexity index is 364. The fourth-order valence-electron chi connectivity index (χ4n) is 1.40. The van der Waals surface area contributed by atoms with Crippen LogP contribution in [0.1, 0.15) is 36.7 Å². The van der Waals surface area contributed by atoms with Gasteiger partial charge in [0.1, 0.15) is 0 Å². The minimum absolute atomic E-state index is 0.0136. The normalized spacial score (nSPS) is 11.4. The largest absolute Gasteiger partial charge is 0.398 e. The summed E-state index contributed by atoms with van der Waals surface area (Å²) >= 11 is 0. The van der Waals surface area contributed by atoms with Crippen molar-refractivity contribution in [1.29, 1.82) is 0 Å². The molecule has 0 saturated heterocycles. The van der Waals surface area contributed by atoms with Gasteiger partial charge in [-0.2, -0.15) is 0 Å². The smallest absolute Gasteiger partial charge is 0.248 e. The molecule has 0 heterocycles. The number of amides is 1. The summed E-state index contributed by atoms with van der Waals surface area (Å²) in [6, 6.07) is 5.19. The Morgan fingerprint density at radius 2 is 1.86 bits per heavy atom. The van der Waals surface area contributed by atoms with Gasteiger partial charge in [-0.1, -0.05) is 26.8 Å². The van der Waals surface area contributed by atoms with Crippen molar-refractivity contribution in [2.45, 2.75) is 26.2 Å². The number of anilines is 1. The zero-order chi connectivity index (χ0) is 10.9. The van der Waals surface area contributed by atoms with Gasteiger partial charge in [0.15, 0.2) is 0 Å². The van der Waals surface area contributed by atoms with Crippen LogP contribution in [0.5, 0.6) is 0 Å². The Balaban J connectivity index is 3.21. The lowest BCUT2D eigenvalue weighted by Gasteiger charge is -2.21. The molecule has 0 aliphatic heterocycles. The zero-order valence-corrected chi connectivity index (χ0v) is 8.79. The second kappa shape index (κ2) is 3.33. The number of rotatable bonds is 1. The third-order valence-corrected chi connectivity index (χ3v) is 2.14. The summed E-state index contributed by atoms with van der Waals surface area (Å²) in [7, 11) is 0. The van der Waals surface area contributed by atoms with Gasteiger partial charge in [-0.25, -0.2) is 0 Å². The highest BCUT2D eigenvalue weighted by Gasteiger charge is 2.17. The Kier molecular flexibility index (Phi) is 2.51. The predicted octanol–water partition coefficient (Wildman–Crippen LogP) is 1.67. The maximum absolute atomic E-state index is 10.9. The summed E-state index contributed by atoms with van der Waals surface area (Å²) in [5.41, 5.74) is 13.1. The first-order valence-corrected chi connectivity index (χ1v) is 4.52. The quantitative estimate of drug-likeness (QED) is 0.664. The molecule has 0 atom stereocenters. The van der Waals surface area contributed by atoms with Crippen molar-refractivity contribution in [2.75, 3.05) is 5.73 Å². The third kappa shape index (κ3) is 2.05. The zero-order valence-electron chi connectivity index (χ0n) is 8.79. The molecule has 0 radical (unpaired) electrons. The maximum atomic E-state index is 10.9. The van der Waals surface area contributed by atoms with E-state index in [1.54, 1.807) is 12.1 Å². The van der Waals surface area contributed by atoms with E-state index in [9.17, 15) is 4.79 Å². The van der Waals surface area contributed by atoms with Gasteiger partial charge >= 0.3 is 0 Å². The lowest BCUT2D eigenvalue weighted by atomic mass is 9.85. The number of carbonyl (C=O) groups excluding carboxylic acids is 1. The van der Waals surface area contributed by atoms with Crippen LogP contribution in [0.3, 0.4) is 0 Å². The van der Waals surface area contributed by atoms with E-state index in [0.717, 1.165) is 5.56 Å². The van der Waals surface area contributed by atoms with Gasteiger partial charge in [0, 0.05) is 11.3 Å². The van der Waals surface area contributed by atoms with E-state index in [4.69, 9.17) is 11.5 Å². The molecule has 0 spiro atoms. The molecule has 0 aliphatic carbocycles. The molecule has 76 valence electrons. The topological polar surface area (TPSA) is 69.1 Å². The van der Waals surface area contributed by atoms with Crippen LogP contribution in [0.2, 0.25) is 0 Å². The first kappa shape index (κ1) is 10.6. The summed E-state index contributed by atoms with van der Waals surface area (Å²) in [5.74, 6) is -0.447. The van der Waals surface area contributed by atoms with Crippen LogP contribution in [-0.4, -0.2) is 5.91 Å². The highest BCUT2D eigenvalue weighted by Crippen LogP contribution is 2.28. The molecule has 0 aromatic heterocycles. The van der Waals surface area contributed by atoms with Gasteiger partial charge in [0.25, 0.3) is 0 Å². The van der Waals surface area contributed by atoms with Crippen molar-refractivity contribution < 1.29 is 4.79 Å². The molecular formula is C11H16N2O. The standard InChI is InChI=1S/C11H16N2O/c1-11(2,3)8-5-4-7(10(13)14)6-9(8)12/h4-6H,12H2,1-3H3,(H2,13,14). The fourth-order valence-corrected chi connectivity index (χ4v) is 1.40. The summed E-state index contributed by atoms with van der Waals surface area (Å²) in [4.78, 5) is 10.9. The van der Waals surface area contributed by atoms with Crippen molar-refractivity contribution in [2.24, 2.45) is 5.73 Å². The van der Waals surface area contributed by atoms with Crippen LogP contribution in [-0.2, 0) is 5.41 Å². The lowest BCUT2D eigenvalue weighted by molar-refractivity contribution is 0.100. The summed E-state index contributed by atoms with van der Waals surface area (Å²) in [6.45, 7) is 6.22. The van der Waals surface area contributed by atoms with E-state index in [2.05, 4.69) is 20.8 Å². The van der Waals surface area contributed by atoms with Crippen molar-refractivity contribution in [3.63, 3.8) is 0 Å². The molecule has 4 N–H and O–H groups in total. The Hall–Kier alpha value is -1.51. The van der Waals surface area contributed by atoms with Crippen molar-refractivity contribution in [3.05, 3.63) is 29.3 Å². The highest BCUT2D eigenvalue weighted by molar-refractivity contribution is 5.93. The number of benzene rings is 1. The van der Waals surface area contributed by atoms with Crippen molar-refractivity contribution >= 4 is 11.6 Å². The minimum atomic E-state index is -0.447. The molecule has 0 bridgehead atoms. The molecule has 0 saturated carbocycles. The first-order chi connectivity index (χ1) is 6.32. The number of hydrogen-bond acceptors (Lipinski definition) is 2. The van der Waals surface area contributed by atoms with Gasteiger partial charge < -0.3 is 11.5 Å². The molecule has 0 aliphatic rings. The molecule has 0 unspecified atom stereocenters. The van der Waals surface area contributed by atoms with Crippen molar-refractivity contribution in [3.8, 4) is 0 Å². The predicted molar refractivity (Wildman–Crippen MR) is 58.1 cm³/mol. The molecular weight excluding hydrogens is 176 g/mol. The average Bonchev–Trinajstić information content (AvgIpc) is 2.01. The second-order valence-electron chi connectivity index (χ2n) is 4.42. The van der Waals surface area contributed by atoms with E-state index in [-0.39, 0.29) is 5.41 Å². The highest BCUT2D eigenvalue weighted by atomic mass is 16.1. The number of hydrogen-bond donors (Lipinski definition) is 2. The van der Waals surface area contributed by atoms with Crippen LogP contribution < -0.4 is 11.5 Å². The van der Waals surface area contributed by atoms with Gasteiger partial charge in [0.2, 0.25) is 5.91 Å². The maximum Gasteiger partial charge on any atom is 0.248 e. The molecule has 1 rings (SSSR count). The first-order valence-electron chi connectivity index (χ1n) is 4.52. The van der Waals surface area contributed by atoms with E-state index in [0.29, 0.717) is 11.3 Å². The van der Waals surface area contributed by atoms with Crippen LogP contribution in [0, 0.1) is 0 Å². The summed E-state index contributed by atoms with van der Waals surface area (Å²) in [6.07, 6.45) is 0. The van der Waals surface area contributed by atoms with Gasteiger partial charge in [-0.3, -0.25) is 4.79 Å². The van der Waals surface area contributed by atoms with Gasteiger partial charge in [-0.05, 0) is 23.1 Å². The molecule has 0 fully saturated rings. The summed E-state index contributed by atoms with van der Waals surface area (Å²) < 4.78 is 0. The van der Waals surface area contributed by atoms with E-state index in [1.807, 2.05) is 6.07 Å². The van der Waals surface area contributed by atoms with Crippen LogP contribution in [0.25, 0.3) is 0 Å². The van der Waals surface area contributed by atoms with E-state index >= 15 is 0 Å². The second-order valence-corrected chi connectivity index (χ2v) is 4.42. The Morgan fingerprint density at radius 3 is 2.21 bits per heavy atom. The van der Waals surface area contributed by atoms with Crippen LogP contribution in [0.15, 0.2) is 18.2 Å². The van der Waals surface area contributed by atoms with Crippen molar-refractivity contribution in [1.82, 2.24) is 0 Å². The lowest BCUT2D eigenvalue weighted by Crippen LogP contribution is -2.16. The van der Waals surface area contributed by atoms with Gasteiger partial charge in [0.05, 0.1) is 0 Å². The number of primary amides is 1. The molecule has 1 aromatic rings. The molecule has 1 amide bonds. The fraction of sp³-hybridized carbons (Fsp3) is 0.364. The molecule has 1 aromatic carbocycles. The summed E-state index contributed by atoms with van der Waals surface area (Å²) in [5, 5.41) is 0. The monoisotopic (exact) mass is 192 g/mol. The molecule has 3 heteroatoms. The SMILES string of the molecule is CC(C)(C)c1ccc(C(N)=O)cc1N. The Labute approximate surface area is 84.1 Å². The molecule has 14 heavy (non-hydrogen) atoms. The average molecular weight is 192 g/mol. The minimum Gasteiger partial charge on any atom is -0.398 e. The number of nitrogen functional groups attached to an aromatic ring is 1. The third-order valence-electron chi connectivity index (χ3n) is 2.14. The van der Waals surface area contributed by atoms with Crippen LogP contribution >= 0.6 is 0 Å². The number of carbonyl (C=O) groups is 1.